The van der Waals surface area contributed by atoms with Gasteiger partial charge in [-0.25, -0.2) is 0 Å². The van der Waals surface area contributed by atoms with Crippen LogP contribution in [0.15, 0.2) is 0 Å². The molecule has 1 unspecified atom stereocenters. The van der Waals surface area contributed by atoms with E-state index in [-0.39, 0.29) is 3.74 Å². The molecule has 0 rings (SSSR count). The van der Waals surface area contributed by atoms with Crippen molar-refractivity contribution in [1.29, 1.82) is 0 Å². The minimum Gasteiger partial charge on any atom is -0.0767 e. The van der Waals surface area contributed by atoms with Crippen LogP contribution in [0.25, 0.3) is 0 Å². The van der Waals surface area contributed by atoms with Gasteiger partial charge in [-0.1, -0.05) is 207 Å². The van der Waals surface area contributed by atoms with Gasteiger partial charge in [0, 0.05) is 0 Å². The molecule has 1 atom stereocenters. The van der Waals surface area contributed by atoms with Gasteiger partial charge in [0.2, 0.25) is 0 Å². The maximum atomic E-state index is 3.81. The van der Waals surface area contributed by atoms with E-state index in [0.29, 0.717) is 0 Å². The molecule has 0 N–H and O–H groups in total. The Balaban J connectivity index is 6.30. The Labute approximate surface area is 221 Å². The summed E-state index contributed by atoms with van der Waals surface area (Å²) in [5.74, 6) is 0. The molecule has 0 aliphatic heterocycles. The van der Waals surface area contributed by atoms with E-state index in [2.05, 4.69) is 207 Å². The Kier molecular flexibility index (Phi) is 11.3. The predicted octanol–water partition coefficient (Wildman–Crippen LogP) is 9.89. The molecule has 116 valence electrons. The topological polar surface area (TPSA) is 0 Å². The molecule has 0 aliphatic carbocycles. The van der Waals surface area contributed by atoms with Crippen LogP contribution in [0.5, 0.6) is 0 Å². The quantitative estimate of drug-likeness (QED) is 0.247. The normalized spacial score (nSPS) is 18.6. The summed E-state index contributed by atoms with van der Waals surface area (Å²) in [6, 6.07) is 0. The molecule has 0 nitrogen and oxygen atoms in total. The molecule has 0 saturated carbocycles. The van der Waals surface area contributed by atoms with Crippen LogP contribution in [0, 0.1) is 0 Å². The first kappa shape index (κ1) is 25.2. The zero-order valence-corrected chi connectivity index (χ0v) is 28.6. The second-order valence-corrected chi connectivity index (χ2v) is 27.9. The molecule has 0 bridgehead atoms. The number of hydrogen-bond acceptors (Lipinski definition) is 0. The predicted molar refractivity (Wildman–Crippen MR) is 133 cm³/mol. The van der Waals surface area contributed by atoms with Gasteiger partial charge >= 0.3 is 0 Å². The molecule has 0 spiro atoms. The summed E-state index contributed by atoms with van der Waals surface area (Å²) in [4.78, 5) is 0. The SMILES string of the molecule is BrC(Br)C(Br)(Br)C(Br)(C(Br)(Br)Br)C(Br)(Br)C(Br)(Br)Br. The lowest BCUT2D eigenvalue weighted by atomic mass is 10.1. The minimum atomic E-state index is -0.770. The highest BCUT2D eigenvalue weighted by atomic mass is 80.0. The molecular weight excluding hydrogens is 1110 g/mol. The van der Waals surface area contributed by atoms with E-state index in [4.69, 9.17) is 0 Å². The van der Waals surface area contributed by atoms with Crippen molar-refractivity contribution in [2.75, 3.05) is 0 Å². The lowest BCUT2D eigenvalue weighted by Gasteiger charge is -2.54. The first-order chi connectivity index (χ1) is 7.94. The van der Waals surface area contributed by atoms with Crippen molar-refractivity contribution in [3.63, 3.8) is 0 Å². The Bertz CT molecular complexity index is 321. The van der Waals surface area contributed by atoms with E-state index in [9.17, 15) is 0 Å². The Hall–Kier alpha value is 6.24. The molecule has 0 aliphatic rings. The highest BCUT2D eigenvalue weighted by molar-refractivity contribution is 9.42. The highest BCUT2D eigenvalue weighted by Crippen LogP contribution is 2.74. The molecule has 0 fully saturated rings. The molecule has 0 radical (unpaired) electrons. The van der Waals surface area contributed by atoms with Crippen LogP contribution in [0.4, 0.5) is 0 Å². The number of hydrogen-bond donors (Lipinski definition) is 0. The zero-order valence-electron chi connectivity index (χ0n) is 7.99. The van der Waals surface area contributed by atoms with Crippen molar-refractivity contribution in [3.05, 3.63) is 0 Å². The monoisotopic (exact) mass is 1100 g/mol. The minimum absolute atomic E-state index is 0.136. The Morgan fingerprint density at radius 1 is 0.526 bits per heavy atom. The first-order valence-electron chi connectivity index (χ1n) is 3.80. The summed E-state index contributed by atoms with van der Waals surface area (Å²) < 4.78 is -3.75. The molecule has 0 heterocycles. The van der Waals surface area contributed by atoms with E-state index in [0.717, 1.165) is 0 Å². The highest BCUT2D eigenvalue weighted by Gasteiger charge is 2.73. The molecule has 0 amide bonds. The van der Waals surface area contributed by atoms with Crippen molar-refractivity contribution in [2.45, 2.75) is 18.8 Å². The summed E-state index contributed by atoms with van der Waals surface area (Å²) in [7, 11) is 0. The van der Waals surface area contributed by atoms with E-state index in [1.807, 2.05) is 0 Å². The van der Waals surface area contributed by atoms with Gasteiger partial charge in [-0.15, -0.1) is 0 Å². The second-order valence-electron chi connectivity index (χ2n) is 3.15. The Morgan fingerprint density at radius 2 is 0.842 bits per heavy atom. The summed E-state index contributed by atoms with van der Waals surface area (Å²) >= 11 is 47.1. The summed E-state index contributed by atoms with van der Waals surface area (Å²) in [5.41, 5.74) is 0. The van der Waals surface area contributed by atoms with Crippen molar-refractivity contribution in [1.82, 2.24) is 0 Å². The molecule has 13 heteroatoms. The van der Waals surface area contributed by atoms with E-state index in [1.54, 1.807) is 0 Å². The summed E-state index contributed by atoms with van der Waals surface area (Å²) in [6.07, 6.45) is 0. The third kappa shape index (κ3) is 5.15. The average molecular weight is 1110 g/mol. The van der Waals surface area contributed by atoms with Crippen molar-refractivity contribution < 1.29 is 0 Å². The fraction of sp³-hybridized carbons (Fsp3) is 1.00. The van der Waals surface area contributed by atoms with Gasteiger partial charge in [0.1, 0.15) is 10.8 Å². The van der Waals surface area contributed by atoms with E-state index >= 15 is 0 Å². The van der Waals surface area contributed by atoms with Gasteiger partial charge in [0.15, 0.2) is 4.29 Å². The summed E-state index contributed by atoms with van der Waals surface area (Å²) in [6.45, 7) is 0. The zero-order chi connectivity index (χ0) is 16.1. The van der Waals surface area contributed by atoms with Crippen LogP contribution < -0.4 is 0 Å². The van der Waals surface area contributed by atoms with Crippen LogP contribution in [0.2, 0.25) is 0 Å². The van der Waals surface area contributed by atoms with Crippen molar-refractivity contribution in [2.24, 2.45) is 0 Å². The third-order valence-corrected chi connectivity index (χ3v) is 22.5. The smallest absolute Gasteiger partial charge is 0.0767 e. The molecule has 0 aromatic rings. The second kappa shape index (κ2) is 8.50. The maximum Gasteiger partial charge on any atom is 0.161 e. The standard InChI is InChI=1S/C6HBr13/c7-1(8)2(9,10)3(11,5(14,15)16)4(12,13)6(17,18)19/h1H. The van der Waals surface area contributed by atoms with E-state index < -0.39 is 15.1 Å². The first-order valence-corrected chi connectivity index (χ1v) is 14.4. The van der Waals surface area contributed by atoms with Crippen LogP contribution in [0.1, 0.15) is 0 Å². The third-order valence-electron chi connectivity index (χ3n) is 1.91. The van der Waals surface area contributed by atoms with Crippen molar-refractivity contribution in [3.8, 4) is 0 Å². The Morgan fingerprint density at radius 3 is 1.00 bits per heavy atom. The van der Waals surface area contributed by atoms with Gasteiger partial charge in [0.05, 0.1) is 3.74 Å². The maximum absolute atomic E-state index is 3.81. The molecule has 0 aromatic carbocycles. The van der Waals surface area contributed by atoms with Gasteiger partial charge in [-0.3, -0.25) is 0 Å². The van der Waals surface area contributed by atoms with Gasteiger partial charge in [-0.05, 0) is 0 Å². The van der Waals surface area contributed by atoms with Gasteiger partial charge in [0.25, 0.3) is 0 Å². The average Bonchev–Trinajstić information content (AvgIpc) is 2.11. The van der Waals surface area contributed by atoms with Crippen LogP contribution in [-0.4, -0.2) is 18.8 Å². The van der Waals surface area contributed by atoms with Gasteiger partial charge in [-0.2, -0.15) is 0 Å². The molecule has 0 aromatic heterocycles. The van der Waals surface area contributed by atoms with Crippen molar-refractivity contribution >= 4 is 207 Å². The summed E-state index contributed by atoms with van der Waals surface area (Å²) in [5, 5.41) is 0. The van der Waals surface area contributed by atoms with E-state index in [1.165, 1.54) is 0 Å². The largest absolute Gasteiger partial charge is 0.161 e. The molecule has 0 saturated heterocycles. The van der Waals surface area contributed by atoms with Gasteiger partial charge < -0.3 is 0 Å². The molecule has 19 heavy (non-hydrogen) atoms. The van der Waals surface area contributed by atoms with Crippen LogP contribution in [0.3, 0.4) is 0 Å². The fourth-order valence-corrected chi connectivity index (χ4v) is 12.9. The molecular formula is C6HBr13. The lowest BCUT2D eigenvalue weighted by Crippen LogP contribution is -2.66. The fourth-order valence-electron chi connectivity index (χ4n) is 0.922. The van der Waals surface area contributed by atoms with Crippen LogP contribution >= 0.6 is 207 Å². The van der Waals surface area contributed by atoms with Crippen LogP contribution in [-0.2, 0) is 0 Å². The number of alkyl halides is 13. The number of halogens is 13. The lowest BCUT2D eigenvalue weighted by molar-refractivity contribution is 0.586. The number of rotatable bonds is 3.